The third-order valence-electron chi connectivity index (χ3n) is 2.80. The largest absolute Gasteiger partial charge is 0.337 e. The number of carbonyl (C=O) groups excluding carboxylic acids is 1. The molecule has 1 aromatic rings. The number of halogens is 2. The Morgan fingerprint density at radius 1 is 1.41 bits per heavy atom. The summed E-state index contributed by atoms with van der Waals surface area (Å²) in [5.41, 5.74) is 0.667. The highest BCUT2D eigenvalue weighted by atomic mass is 79.9. The van der Waals surface area contributed by atoms with Gasteiger partial charge in [-0.2, -0.15) is 11.8 Å². The van der Waals surface area contributed by atoms with Crippen LogP contribution < -0.4 is 0 Å². The van der Waals surface area contributed by atoms with Gasteiger partial charge in [-0.15, -0.1) is 0 Å². The van der Waals surface area contributed by atoms with Crippen molar-refractivity contribution in [1.29, 1.82) is 0 Å². The van der Waals surface area contributed by atoms with Gasteiger partial charge in [0.25, 0.3) is 5.91 Å². The van der Waals surface area contributed by atoms with Gasteiger partial charge in [0.05, 0.1) is 5.56 Å². The average Bonchev–Trinajstić information content (AvgIpc) is 2.35. The quantitative estimate of drug-likeness (QED) is 0.793. The van der Waals surface area contributed by atoms with Gasteiger partial charge >= 0.3 is 0 Å². The minimum absolute atomic E-state index is 0.164. The van der Waals surface area contributed by atoms with E-state index < -0.39 is 5.82 Å². The first kappa shape index (κ1) is 12.9. The molecule has 0 unspecified atom stereocenters. The van der Waals surface area contributed by atoms with E-state index in [9.17, 15) is 9.18 Å². The summed E-state index contributed by atoms with van der Waals surface area (Å²) in [5, 5.41) is 0. The minimum Gasteiger partial charge on any atom is -0.337 e. The summed E-state index contributed by atoms with van der Waals surface area (Å²) in [4.78, 5) is 14.0. The second kappa shape index (κ2) is 5.40. The smallest absolute Gasteiger partial charge is 0.258 e. The predicted octanol–water partition coefficient (Wildman–Crippen LogP) is 3.09. The van der Waals surface area contributed by atoms with Crippen LogP contribution in [0.15, 0.2) is 16.6 Å². The van der Waals surface area contributed by atoms with Crippen LogP contribution in [0, 0.1) is 12.7 Å². The molecule has 0 spiro atoms. The van der Waals surface area contributed by atoms with Crippen molar-refractivity contribution in [2.24, 2.45) is 0 Å². The molecule has 0 aliphatic carbocycles. The van der Waals surface area contributed by atoms with Gasteiger partial charge in [0.2, 0.25) is 0 Å². The molecular weight excluding hydrogens is 305 g/mol. The number of aryl methyl sites for hydroxylation is 1. The van der Waals surface area contributed by atoms with E-state index in [-0.39, 0.29) is 11.5 Å². The lowest BCUT2D eigenvalue weighted by Gasteiger charge is -2.27. The number of thioether (sulfide) groups is 1. The van der Waals surface area contributed by atoms with Crippen LogP contribution in [-0.4, -0.2) is 35.4 Å². The molecule has 0 saturated carbocycles. The summed E-state index contributed by atoms with van der Waals surface area (Å²) >= 11 is 5.08. The molecule has 5 heteroatoms. The third kappa shape index (κ3) is 2.65. The Kier molecular flexibility index (Phi) is 4.09. The number of benzene rings is 1. The molecule has 2 nitrogen and oxygen atoms in total. The van der Waals surface area contributed by atoms with Crippen molar-refractivity contribution in [3.8, 4) is 0 Å². The Hall–Kier alpha value is -0.550. The van der Waals surface area contributed by atoms with Crippen LogP contribution in [-0.2, 0) is 0 Å². The number of hydrogen-bond acceptors (Lipinski definition) is 2. The van der Waals surface area contributed by atoms with Crippen molar-refractivity contribution >= 4 is 33.6 Å². The van der Waals surface area contributed by atoms with Crippen molar-refractivity contribution in [3.05, 3.63) is 33.5 Å². The third-order valence-corrected chi connectivity index (χ3v) is 4.40. The highest BCUT2D eigenvalue weighted by Crippen LogP contribution is 2.25. The summed E-state index contributed by atoms with van der Waals surface area (Å²) < 4.78 is 14.5. The van der Waals surface area contributed by atoms with Gasteiger partial charge in [-0.3, -0.25) is 4.79 Å². The van der Waals surface area contributed by atoms with Gasteiger partial charge in [0.1, 0.15) is 5.82 Å². The summed E-state index contributed by atoms with van der Waals surface area (Å²) in [6.45, 7) is 3.07. The van der Waals surface area contributed by atoms with Crippen molar-refractivity contribution in [3.63, 3.8) is 0 Å². The molecule has 1 fully saturated rings. The van der Waals surface area contributed by atoms with Crippen molar-refractivity contribution < 1.29 is 9.18 Å². The first-order valence-corrected chi connectivity index (χ1v) is 7.37. The topological polar surface area (TPSA) is 20.3 Å². The molecule has 1 heterocycles. The fourth-order valence-electron chi connectivity index (χ4n) is 1.78. The summed E-state index contributed by atoms with van der Waals surface area (Å²) in [7, 11) is 0. The molecule has 2 rings (SSSR count). The number of hydrogen-bond donors (Lipinski definition) is 0. The van der Waals surface area contributed by atoms with Crippen LogP contribution in [0.4, 0.5) is 4.39 Å². The maximum atomic E-state index is 14.0. The van der Waals surface area contributed by atoms with Crippen LogP contribution in [0.2, 0.25) is 0 Å². The molecule has 0 N–H and O–H groups in total. The summed E-state index contributed by atoms with van der Waals surface area (Å²) in [6, 6.07) is 3.40. The van der Waals surface area contributed by atoms with Gasteiger partial charge in [-0.05, 0) is 34.5 Å². The Morgan fingerprint density at radius 2 is 2.06 bits per heavy atom. The Bertz CT molecular complexity index is 446. The van der Waals surface area contributed by atoms with E-state index in [0.29, 0.717) is 23.1 Å². The van der Waals surface area contributed by atoms with E-state index in [2.05, 4.69) is 15.9 Å². The summed E-state index contributed by atoms with van der Waals surface area (Å²) in [6.07, 6.45) is 0. The van der Waals surface area contributed by atoms with Crippen LogP contribution in [0.3, 0.4) is 0 Å². The van der Waals surface area contributed by atoms with Crippen molar-refractivity contribution in [1.82, 2.24) is 4.90 Å². The van der Waals surface area contributed by atoms with Gasteiger partial charge in [0, 0.05) is 29.1 Å². The van der Waals surface area contributed by atoms with Crippen LogP contribution >= 0.6 is 27.7 Å². The van der Waals surface area contributed by atoms with Gasteiger partial charge < -0.3 is 4.90 Å². The summed E-state index contributed by atoms with van der Waals surface area (Å²) in [5.74, 6) is 1.23. The molecule has 0 radical (unpaired) electrons. The van der Waals surface area contributed by atoms with Gasteiger partial charge in [-0.1, -0.05) is 6.07 Å². The van der Waals surface area contributed by atoms with Crippen LogP contribution in [0.5, 0.6) is 0 Å². The monoisotopic (exact) mass is 317 g/mol. The molecule has 1 aromatic carbocycles. The highest BCUT2D eigenvalue weighted by molar-refractivity contribution is 9.10. The van der Waals surface area contributed by atoms with Crippen molar-refractivity contribution in [2.45, 2.75) is 6.92 Å². The number of carbonyl (C=O) groups is 1. The fraction of sp³-hybridized carbons (Fsp3) is 0.417. The molecule has 17 heavy (non-hydrogen) atoms. The molecular formula is C12H13BrFNOS. The molecule has 1 amide bonds. The predicted molar refractivity (Wildman–Crippen MR) is 72.1 cm³/mol. The van der Waals surface area contributed by atoms with Crippen LogP contribution in [0.1, 0.15) is 15.9 Å². The lowest BCUT2D eigenvalue weighted by Crippen LogP contribution is -2.38. The lowest BCUT2D eigenvalue weighted by molar-refractivity contribution is 0.0766. The van der Waals surface area contributed by atoms with E-state index in [1.54, 1.807) is 24.0 Å². The maximum absolute atomic E-state index is 14.0. The standard InChI is InChI=1S/C12H13BrFNOS/c1-8-2-3-9(13)10(11(8)14)12(16)15-4-6-17-7-5-15/h2-3H,4-7H2,1H3. The molecule has 1 aliphatic rings. The molecule has 0 bridgehead atoms. The normalized spacial score (nSPS) is 16.1. The number of nitrogens with zero attached hydrogens (tertiary/aromatic N) is 1. The molecule has 1 aliphatic heterocycles. The lowest BCUT2D eigenvalue weighted by atomic mass is 10.1. The molecule has 92 valence electrons. The average molecular weight is 318 g/mol. The minimum atomic E-state index is -0.414. The maximum Gasteiger partial charge on any atom is 0.258 e. The zero-order chi connectivity index (χ0) is 12.4. The zero-order valence-electron chi connectivity index (χ0n) is 9.50. The van der Waals surface area contributed by atoms with E-state index >= 15 is 0 Å². The Balaban J connectivity index is 2.32. The van der Waals surface area contributed by atoms with E-state index in [1.165, 1.54) is 0 Å². The Morgan fingerprint density at radius 3 is 2.71 bits per heavy atom. The first-order chi connectivity index (χ1) is 8.11. The fourth-order valence-corrected chi connectivity index (χ4v) is 3.16. The second-order valence-corrected chi connectivity index (χ2v) is 6.04. The van der Waals surface area contributed by atoms with E-state index in [4.69, 9.17) is 0 Å². The molecule has 0 atom stereocenters. The SMILES string of the molecule is Cc1ccc(Br)c(C(=O)N2CCSCC2)c1F. The van der Waals surface area contributed by atoms with Crippen molar-refractivity contribution in [2.75, 3.05) is 24.6 Å². The second-order valence-electron chi connectivity index (χ2n) is 3.96. The van der Waals surface area contributed by atoms with Crippen LogP contribution in [0.25, 0.3) is 0 Å². The van der Waals surface area contributed by atoms with Gasteiger partial charge in [-0.25, -0.2) is 4.39 Å². The highest BCUT2D eigenvalue weighted by Gasteiger charge is 2.24. The van der Waals surface area contributed by atoms with E-state index in [0.717, 1.165) is 11.5 Å². The molecule has 1 saturated heterocycles. The van der Waals surface area contributed by atoms with Gasteiger partial charge in [0.15, 0.2) is 0 Å². The molecule has 0 aromatic heterocycles. The number of amides is 1. The van der Waals surface area contributed by atoms with E-state index in [1.807, 2.05) is 11.8 Å². The Labute approximate surface area is 113 Å². The first-order valence-electron chi connectivity index (χ1n) is 5.43. The zero-order valence-corrected chi connectivity index (χ0v) is 11.9. The number of rotatable bonds is 1.